The van der Waals surface area contributed by atoms with E-state index in [1.807, 2.05) is 6.07 Å². The standard InChI is InChI=1S/C12H13FN6S/c1-19-17-12(16-18-19)6-9(15-14)11-5-7-4-8(13)2-3-10(7)20-11/h2-5,9,15H,6,14H2,1H3. The van der Waals surface area contributed by atoms with Crippen molar-refractivity contribution in [1.29, 1.82) is 0 Å². The Bertz CT molecular complexity index is 736. The molecule has 2 heterocycles. The number of halogens is 1. The molecule has 104 valence electrons. The fraction of sp³-hybridized carbons (Fsp3) is 0.250. The van der Waals surface area contributed by atoms with E-state index in [4.69, 9.17) is 5.84 Å². The van der Waals surface area contributed by atoms with Gasteiger partial charge in [-0.2, -0.15) is 4.80 Å². The summed E-state index contributed by atoms with van der Waals surface area (Å²) in [7, 11) is 1.71. The predicted octanol–water partition coefficient (Wildman–Crippen LogP) is 1.31. The first kappa shape index (κ1) is 13.1. The maximum atomic E-state index is 13.2. The molecular weight excluding hydrogens is 279 g/mol. The summed E-state index contributed by atoms with van der Waals surface area (Å²) in [5.41, 5.74) is 2.75. The molecule has 0 saturated carbocycles. The van der Waals surface area contributed by atoms with Crippen molar-refractivity contribution in [2.45, 2.75) is 12.5 Å². The second-order valence-corrected chi connectivity index (χ2v) is 5.56. The third-order valence-corrected chi connectivity index (χ3v) is 4.21. The molecule has 0 fully saturated rings. The number of tetrazole rings is 1. The number of thiophene rings is 1. The average Bonchev–Trinajstić information content (AvgIpc) is 3.01. The molecule has 0 aliphatic rings. The Morgan fingerprint density at radius 1 is 1.45 bits per heavy atom. The van der Waals surface area contributed by atoms with Crippen molar-refractivity contribution in [3.8, 4) is 0 Å². The van der Waals surface area contributed by atoms with E-state index in [0.717, 1.165) is 15.0 Å². The topological polar surface area (TPSA) is 81.7 Å². The monoisotopic (exact) mass is 292 g/mol. The van der Waals surface area contributed by atoms with Gasteiger partial charge in [-0.15, -0.1) is 21.5 Å². The Kier molecular flexibility index (Phi) is 3.43. The molecule has 2 aromatic heterocycles. The van der Waals surface area contributed by atoms with Crippen molar-refractivity contribution in [2.24, 2.45) is 12.9 Å². The maximum absolute atomic E-state index is 13.2. The van der Waals surface area contributed by atoms with Crippen LogP contribution in [0.4, 0.5) is 4.39 Å². The molecule has 3 rings (SSSR count). The van der Waals surface area contributed by atoms with Crippen molar-refractivity contribution in [2.75, 3.05) is 0 Å². The number of hydrogen-bond donors (Lipinski definition) is 2. The number of benzene rings is 1. The van der Waals surface area contributed by atoms with E-state index in [0.29, 0.717) is 12.2 Å². The van der Waals surface area contributed by atoms with Gasteiger partial charge in [0.25, 0.3) is 0 Å². The first-order chi connectivity index (χ1) is 9.65. The Labute approximate surface area is 118 Å². The molecule has 1 aromatic carbocycles. The van der Waals surface area contributed by atoms with Gasteiger partial charge in [0, 0.05) is 16.0 Å². The summed E-state index contributed by atoms with van der Waals surface area (Å²) >= 11 is 1.57. The lowest BCUT2D eigenvalue weighted by Crippen LogP contribution is -2.29. The lowest BCUT2D eigenvalue weighted by atomic mass is 10.1. The molecule has 0 amide bonds. The molecule has 6 nitrogen and oxygen atoms in total. The Morgan fingerprint density at radius 2 is 2.30 bits per heavy atom. The van der Waals surface area contributed by atoms with Crippen molar-refractivity contribution >= 4 is 21.4 Å². The van der Waals surface area contributed by atoms with E-state index in [-0.39, 0.29) is 11.9 Å². The third-order valence-electron chi connectivity index (χ3n) is 2.98. The fourth-order valence-electron chi connectivity index (χ4n) is 2.04. The van der Waals surface area contributed by atoms with Crippen LogP contribution in [-0.2, 0) is 13.5 Å². The summed E-state index contributed by atoms with van der Waals surface area (Å²) in [6.07, 6.45) is 0.527. The van der Waals surface area contributed by atoms with Crippen LogP contribution in [-0.4, -0.2) is 20.2 Å². The van der Waals surface area contributed by atoms with Gasteiger partial charge in [-0.3, -0.25) is 11.3 Å². The molecule has 0 saturated heterocycles. The number of nitrogens with two attached hydrogens (primary N) is 1. The number of aryl methyl sites for hydroxylation is 1. The van der Waals surface area contributed by atoms with E-state index in [1.54, 1.807) is 24.5 Å². The zero-order valence-corrected chi connectivity index (χ0v) is 11.6. The van der Waals surface area contributed by atoms with Gasteiger partial charge in [-0.25, -0.2) is 4.39 Å². The van der Waals surface area contributed by atoms with Crippen LogP contribution in [0.2, 0.25) is 0 Å². The van der Waals surface area contributed by atoms with Gasteiger partial charge in [0.2, 0.25) is 0 Å². The van der Waals surface area contributed by atoms with E-state index in [1.165, 1.54) is 16.9 Å². The van der Waals surface area contributed by atoms with Gasteiger partial charge in [0.05, 0.1) is 13.1 Å². The molecule has 0 bridgehead atoms. The average molecular weight is 292 g/mol. The van der Waals surface area contributed by atoms with Crippen LogP contribution in [0.5, 0.6) is 0 Å². The normalized spacial score (nSPS) is 12.9. The highest BCUT2D eigenvalue weighted by Gasteiger charge is 2.16. The second-order valence-electron chi connectivity index (χ2n) is 4.45. The van der Waals surface area contributed by atoms with E-state index in [2.05, 4.69) is 20.8 Å². The summed E-state index contributed by atoms with van der Waals surface area (Å²) in [6, 6.07) is 6.55. The number of nitrogens with one attached hydrogen (secondary N) is 1. The van der Waals surface area contributed by atoms with Crippen molar-refractivity contribution in [3.05, 3.63) is 40.8 Å². The lowest BCUT2D eigenvalue weighted by molar-refractivity contribution is 0.544. The highest BCUT2D eigenvalue weighted by Crippen LogP contribution is 2.31. The quantitative estimate of drug-likeness (QED) is 0.560. The zero-order valence-electron chi connectivity index (χ0n) is 10.7. The number of hydrogen-bond acceptors (Lipinski definition) is 6. The molecule has 8 heteroatoms. The Morgan fingerprint density at radius 3 is 3.00 bits per heavy atom. The number of aromatic nitrogens is 4. The predicted molar refractivity (Wildman–Crippen MR) is 74.3 cm³/mol. The highest BCUT2D eigenvalue weighted by molar-refractivity contribution is 7.19. The molecule has 0 aliphatic carbocycles. The molecule has 1 atom stereocenters. The second kappa shape index (κ2) is 5.23. The minimum Gasteiger partial charge on any atom is -0.271 e. The fourth-order valence-corrected chi connectivity index (χ4v) is 3.14. The van der Waals surface area contributed by atoms with Crippen molar-refractivity contribution in [1.82, 2.24) is 25.6 Å². The van der Waals surface area contributed by atoms with Crippen LogP contribution in [0.25, 0.3) is 10.1 Å². The summed E-state index contributed by atoms with van der Waals surface area (Å²) in [4.78, 5) is 2.42. The van der Waals surface area contributed by atoms with Crippen LogP contribution in [0.1, 0.15) is 16.7 Å². The molecule has 1 unspecified atom stereocenters. The molecule has 0 spiro atoms. The molecule has 20 heavy (non-hydrogen) atoms. The smallest absolute Gasteiger partial charge is 0.176 e. The maximum Gasteiger partial charge on any atom is 0.176 e. The molecular formula is C12H13FN6S. The Hall–Kier alpha value is -1.90. The van der Waals surface area contributed by atoms with Gasteiger partial charge in [0.15, 0.2) is 5.82 Å². The van der Waals surface area contributed by atoms with Gasteiger partial charge in [0.1, 0.15) is 5.82 Å². The van der Waals surface area contributed by atoms with Crippen LogP contribution < -0.4 is 11.3 Å². The van der Waals surface area contributed by atoms with Crippen LogP contribution in [0.3, 0.4) is 0 Å². The number of nitrogens with zero attached hydrogens (tertiary/aromatic N) is 4. The molecule has 3 aromatic rings. The van der Waals surface area contributed by atoms with E-state index >= 15 is 0 Å². The van der Waals surface area contributed by atoms with Gasteiger partial charge >= 0.3 is 0 Å². The first-order valence-corrected chi connectivity index (χ1v) is 6.85. The zero-order chi connectivity index (χ0) is 14.1. The van der Waals surface area contributed by atoms with Gasteiger partial charge in [-0.1, -0.05) is 0 Å². The Balaban J connectivity index is 1.90. The van der Waals surface area contributed by atoms with E-state index in [9.17, 15) is 4.39 Å². The van der Waals surface area contributed by atoms with E-state index < -0.39 is 0 Å². The van der Waals surface area contributed by atoms with Gasteiger partial charge < -0.3 is 0 Å². The highest BCUT2D eigenvalue weighted by atomic mass is 32.1. The number of rotatable bonds is 4. The van der Waals surface area contributed by atoms with Crippen LogP contribution in [0.15, 0.2) is 24.3 Å². The summed E-state index contributed by atoms with van der Waals surface area (Å²) < 4.78 is 14.2. The lowest BCUT2D eigenvalue weighted by Gasteiger charge is -2.11. The summed E-state index contributed by atoms with van der Waals surface area (Å²) in [5, 5.41) is 12.7. The number of fused-ring (bicyclic) bond motifs is 1. The number of hydrazine groups is 1. The van der Waals surface area contributed by atoms with Crippen molar-refractivity contribution < 1.29 is 4.39 Å². The van der Waals surface area contributed by atoms with Crippen LogP contribution in [0, 0.1) is 5.82 Å². The first-order valence-electron chi connectivity index (χ1n) is 6.03. The SMILES string of the molecule is Cn1nnc(CC(NN)c2cc3cc(F)ccc3s2)n1. The summed E-state index contributed by atoms with van der Waals surface area (Å²) in [5.74, 6) is 5.98. The minimum absolute atomic E-state index is 0.125. The molecule has 0 aliphatic heterocycles. The molecule has 3 N–H and O–H groups in total. The third kappa shape index (κ3) is 2.53. The summed E-state index contributed by atoms with van der Waals surface area (Å²) in [6.45, 7) is 0. The van der Waals surface area contributed by atoms with Gasteiger partial charge in [-0.05, 0) is 34.9 Å². The largest absolute Gasteiger partial charge is 0.271 e. The molecule has 0 radical (unpaired) electrons. The van der Waals surface area contributed by atoms with Crippen LogP contribution >= 0.6 is 11.3 Å². The minimum atomic E-state index is -0.241. The van der Waals surface area contributed by atoms with Crippen molar-refractivity contribution in [3.63, 3.8) is 0 Å².